The first-order chi connectivity index (χ1) is 7.91. The molecule has 0 bridgehead atoms. The van der Waals surface area contributed by atoms with Gasteiger partial charge in [0.15, 0.2) is 0 Å². The van der Waals surface area contributed by atoms with E-state index in [-0.39, 0.29) is 30.7 Å². The molecule has 2 amide bonds. The molecular weight excluding hydrogens is 220 g/mol. The number of imide groups is 1. The molecule has 0 spiro atoms. The van der Waals surface area contributed by atoms with E-state index in [1.165, 1.54) is 4.90 Å². The smallest absolute Gasteiger partial charge is 0.232 e. The first kappa shape index (κ1) is 11.6. The second kappa shape index (κ2) is 3.87. The van der Waals surface area contributed by atoms with Crippen LogP contribution in [-0.4, -0.2) is 26.5 Å². The summed E-state index contributed by atoms with van der Waals surface area (Å²) in [4.78, 5) is 24.7. The van der Waals surface area contributed by atoms with E-state index >= 15 is 0 Å². The monoisotopic (exact) mass is 236 g/mol. The van der Waals surface area contributed by atoms with Crippen molar-refractivity contribution >= 4 is 17.6 Å². The topological polar surface area (TPSA) is 81.2 Å². The van der Waals surface area contributed by atoms with Crippen molar-refractivity contribution in [2.24, 2.45) is 13.0 Å². The lowest BCUT2D eigenvalue weighted by molar-refractivity contribution is -0.139. The zero-order valence-corrected chi connectivity index (χ0v) is 10.2. The van der Waals surface area contributed by atoms with E-state index in [0.29, 0.717) is 5.82 Å². The van der Waals surface area contributed by atoms with Crippen molar-refractivity contribution in [1.82, 2.24) is 14.7 Å². The van der Waals surface area contributed by atoms with E-state index in [1.54, 1.807) is 18.7 Å². The maximum Gasteiger partial charge on any atom is 0.232 e. The van der Waals surface area contributed by atoms with Crippen molar-refractivity contribution in [2.75, 3.05) is 5.73 Å². The van der Waals surface area contributed by atoms with Crippen LogP contribution in [0.4, 0.5) is 5.82 Å². The van der Waals surface area contributed by atoms with E-state index in [4.69, 9.17) is 5.73 Å². The molecule has 17 heavy (non-hydrogen) atoms. The fourth-order valence-electron chi connectivity index (χ4n) is 2.09. The predicted molar refractivity (Wildman–Crippen MR) is 61.7 cm³/mol. The van der Waals surface area contributed by atoms with Crippen LogP contribution in [0.5, 0.6) is 0 Å². The van der Waals surface area contributed by atoms with Gasteiger partial charge in [-0.1, -0.05) is 6.92 Å². The Morgan fingerprint density at radius 1 is 1.47 bits per heavy atom. The molecule has 2 rings (SSSR count). The maximum atomic E-state index is 11.8. The molecule has 1 unspecified atom stereocenters. The normalized spacial score (nSPS) is 20.4. The summed E-state index contributed by atoms with van der Waals surface area (Å²) in [7, 11) is 1.74. The predicted octanol–water partition coefficient (Wildman–Crippen LogP) is 0.206. The lowest BCUT2D eigenvalue weighted by Gasteiger charge is -2.14. The van der Waals surface area contributed by atoms with Gasteiger partial charge in [-0.3, -0.25) is 19.2 Å². The summed E-state index contributed by atoms with van der Waals surface area (Å²) in [6.07, 6.45) is 0.290. The van der Waals surface area contributed by atoms with Gasteiger partial charge in [0, 0.05) is 24.9 Å². The van der Waals surface area contributed by atoms with Crippen LogP contribution in [0.15, 0.2) is 0 Å². The van der Waals surface area contributed by atoms with Crippen molar-refractivity contribution in [2.45, 2.75) is 26.8 Å². The van der Waals surface area contributed by atoms with Crippen LogP contribution in [0.25, 0.3) is 0 Å². The van der Waals surface area contributed by atoms with Crippen LogP contribution in [0.3, 0.4) is 0 Å². The number of nitrogen functional groups attached to an aromatic ring is 1. The molecule has 1 fully saturated rings. The number of nitrogens with two attached hydrogens (primary N) is 1. The number of aromatic nitrogens is 2. The summed E-state index contributed by atoms with van der Waals surface area (Å²) >= 11 is 0. The Hall–Kier alpha value is -1.85. The Bertz CT molecular complexity index is 492. The lowest BCUT2D eigenvalue weighted by Crippen LogP contribution is -2.30. The molecule has 6 nitrogen and oxygen atoms in total. The number of hydrogen-bond donors (Lipinski definition) is 1. The number of aryl methyl sites for hydroxylation is 2. The maximum absolute atomic E-state index is 11.8. The van der Waals surface area contributed by atoms with E-state index in [1.807, 2.05) is 6.92 Å². The molecule has 92 valence electrons. The number of nitrogens with zero attached hydrogens (tertiary/aromatic N) is 3. The molecule has 6 heteroatoms. The Morgan fingerprint density at radius 3 is 2.53 bits per heavy atom. The SMILES string of the molecule is Cc1nn(C)c(N)c1CN1C(=O)CC(C)C1=O. The van der Waals surface area contributed by atoms with Crippen LogP contribution < -0.4 is 5.73 Å². The number of rotatable bonds is 2. The second-order valence-corrected chi connectivity index (χ2v) is 4.50. The molecule has 1 aliphatic rings. The first-order valence-corrected chi connectivity index (χ1v) is 5.54. The van der Waals surface area contributed by atoms with Crippen molar-refractivity contribution < 1.29 is 9.59 Å². The minimum atomic E-state index is -0.222. The third-order valence-corrected chi connectivity index (χ3v) is 3.18. The lowest BCUT2D eigenvalue weighted by atomic mass is 10.1. The van der Waals surface area contributed by atoms with Gasteiger partial charge in [-0.25, -0.2) is 0 Å². The van der Waals surface area contributed by atoms with E-state index < -0.39 is 0 Å². The third kappa shape index (κ3) is 1.79. The van der Waals surface area contributed by atoms with Gasteiger partial charge in [0.05, 0.1) is 12.2 Å². The van der Waals surface area contributed by atoms with E-state index in [2.05, 4.69) is 5.10 Å². The summed E-state index contributed by atoms with van der Waals surface area (Å²) in [5.41, 5.74) is 7.37. The van der Waals surface area contributed by atoms with Crippen molar-refractivity contribution in [3.05, 3.63) is 11.3 Å². The Labute approximate surface area is 99.4 Å². The van der Waals surface area contributed by atoms with Gasteiger partial charge >= 0.3 is 0 Å². The van der Waals surface area contributed by atoms with Crippen LogP contribution in [0.1, 0.15) is 24.6 Å². The van der Waals surface area contributed by atoms with E-state index in [9.17, 15) is 9.59 Å². The molecular formula is C11H16N4O2. The molecule has 1 aromatic heterocycles. The average Bonchev–Trinajstić information content (AvgIpc) is 2.62. The molecule has 0 aliphatic carbocycles. The van der Waals surface area contributed by atoms with Gasteiger partial charge in [-0.15, -0.1) is 0 Å². The highest BCUT2D eigenvalue weighted by Crippen LogP contribution is 2.24. The molecule has 0 radical (unpaired) electrons. The number of carbonyl (C=O) groups excluding carboxylic acids is 2. The minimum Gasteiger partial charge on any atom is -0.384 e. The summed E-state index contributed by atoms with van der Waals surface area (Å²) in [5.74, 6) is 0.0196. The van der Waals surface area contributed by atoms with Crippen LogP contribution in [0.2, 0.25) is 0 Å². The highest BCUT2D eigenvalue weighted by atomic mass is 16.2. The highest BCUT2D eigenvalue weighted by molar-refractivity contribution is 6.03. The van der Waals surface area contributed by atoms with Crippen LogP contribution in [-0.2, 0) is 23.2 Å². The van der Waals surface area contributed by atoms with Gasteiger partial charge in [0.2, 0.25) is 11.8 Å². The van der Waals surface area contributed by atoms with Crippen molar-refractivity contribution in [3.63, 3.8) is 0 Å². The molecule has 1 aliphatic heterocycles. The largest absolute Gasteiger partial charge is 0.384 e. The first-order valence-electron chi connectivity index (χ1n) is 5.54. The summed E-state index contributed by atoms with van der Waals surface area (Å²) in [6.45, 7) is 3.81. The van der Waals surface area contributed by atoms with Gasteiger partial charge < -0.3 is 5.73 Å². The quantitative estimate of drug-likeness (QED) is 0.744. The van der Waals surface area contributed by atoms with Crippen LogP contribution in [0, 0.1) is 12.8 Å². The minimum absolute atomic E-state index is 0.127. The van der Waals surface area contributed by atoms with Gasteiger partial charge in [-0.05, 0) is 6.92 Å². The van der Waals surface area contributed by atoms with Crippen molar-refractivity contribution in [3.8, 4) is 0 Å². The molecule has 2 N–H and O–H groups in total. The number of likely N-dealkylation sites (tertiary alicyclic amines) is 1. The average molecular weight is 236 g/mol. The van der Waals surface area contributed by atoms with Gasteiger partial charge in [-0.2, -0.15) is 5.10 Å². The molecule has 0 saturated carbocycles. The molecule has 1 atom stereocenters. The summed E-state index contributed by atoms with van der Waals surface area (Å²) < 4.78 is 1.55. The van der Waals surface area contributed by atoms with E-state index in [0.717, 1.165) is 11.3 Å². The number of carbonyl (C=O) groups is 2. The molecule has 1 saturated heterocycles. The Kier molecular flexibility index (Phi) is 2.65. The number of amides is 2. The summed E-state index contributed by atoms with van der Waals surface area (Å²) in [6, 6.07) is 0. The van der Waals surface area contributed by atoms with Gasteiger partial charge in [0.25, 0.3) is 0 Å². The van der Waals surface area contributed by atoms with Crippen LogP contribution >= 0.6 is 0 Å². The second-order valence-electron chi connectivity index (χ2n) is 4.50. The highest BCUT2D eigenvalue weighted by Gasteiger charge is 2.36. The Morgan fingerprint density at radius 2 is 2.12 bits per heavy atom. The fraction of sp³-hybridized carbons (Fsp3) is 0.545. The summed E-state index contributed by atoms with van der Waals surface area (Å²) in [5, 5.41) is 4.16. The van der Waals surface area contributed by atoms with Crippen molar-refractivity contribution in [1.29, 1.82) is 0 Å². The van der Waals surface area contributed by atoms with Gasteiger partial charge in [0.1, 0.15) is 5.82 Å². The standard InChI is InChI=1S/C11H16N4O2/c1-6-4-9(16)15(11(6)17)5-8-7(2)13-14(3)10(8)12/h6H,4-5,12H2,1-3H3. The molecule has 0 aromatic carbocycles. The zero-order valence-electron chi connectivity index (χ0n) is 10.2. The molecule has 2 heterocycles. The molecule has 1 aromatic rings. The number of anilines is 1. The fourth-order valence-corrected chi connectivity index (χ4v) is 2.09. The number of hydrogen-bond acceptors (Lipinski definition) is 4. The Balaban J connectivity index is 2.27. The third-order valence-electron chi connectivity index (χ3n) is 3.18. The zero-order chi connectivity index (χ0) is 12.7.